The first-order valence-corrected chi connectivity index (χ1v) is 9.38. The number of hydrogen-bond donors (Lipinski definition) is 1. The van der Waals surface area contributed by atoms with Crippen LogP contribution >= 0.6 is 11.6 Å². The first-order chi connectivity index (χ1) is 13.9. The SMILES string of the molecule is Cc1c(OC(=O)OC(C)C)ncc2[nH]c3cccc(Oc4ccc(Cl)cn4)c3c12. The van der Waals surface area contributed by atoms with Crippen LogP contribution in [0.1, 0.15) is 19.4 Å². The summed E-state index contributed by atoms with van der Waals surface area (Å²) in [5.74, 6) is 1.21. The van der Waals surface area contributed by atoms with Gasteiger partial charge in [-0.3, -0.25) is 0 Å². The van der Waals surface area contributed by atoms with Gasteiger partial charge in [0.1, 0.15) is 5.75 Å². The molecule has 8 heteroatoms. The van der Waals surface area contributed by atoms with Gasteiger partial charge in [-0.25, -0.2) is 14.8 Å². The van der Waals surface area contributed by atoms with Crippen LogP contribution in [0.2, 0.25) is 5.02 Å². The van der Waals surface area contributed by atoms with Gasteiger partial charge in [0.15, 0.2) is 0 Å². The Morgan fingerprint density at radius 3 is 2.62 bits per heavy atom. The molecule has 1 N–H and O–H groups in total. The highest BCUT2D eigenvalue weighted by Crippen LogP contribution is 2.38. The zero-order chi connectivity index (χ0) is 20.5. The molecule has 4 rings (SSSR count). The second-order valence-electron chi connectivity index (χ2n) is 6.72. The fraction of sp³-hybridized carbons (Fsp3) is 0.190. The van der Waals surface area contributed by atoms with E-state index in [1.165, 1.54) is 6.20 Å². The summed E-state index contributed by atoms with van der Waals surface area (Å²) >= 11 is 5.90. The smallest absolute Gasteiger partial charge is 0.438 e. The summed E-state index contributed by atoms with van der Waals surface area (Å²) in [7, 11) is 0. The van der Waals surface area contributed by atoms with E-state index in [4.69, 9.17) is 25.8 Å². The molecule has 0 aliphatic carbocycles. The molecule has 0 aliphatic rings. The summed E-state index contributed by atoms with van der Waals surface area (Å²) in [6, 6.07) is 9.06. The van der Waals surface area contributed by atoms with Crippen molar-refractivity contribution in [1.82, 2.24) is 15.0 Å². The van der Waals surface area contributed by atoms with Gasteiger partial charge < -0.3 is 19.2 Å². The standard InChI is InChI=1S/C21H18ClN3O4/c1-11(2)27-21(26)29-20-12(3)18-15(10-24-20)25-14-5-4-6-16(19(14)18)28-17-8-7-13(22)9-23-17/h4-11,25H,1-3H3. The summed E-state index contributed by atoms with van der Waals surface area (Å²) in [5.41, 5.74) is 2.34. The average Bonchev–Trinajstić information content (AvgIpc) is 3.05. The fourth-order valence-corrected chi connectivity index (χ4v) is 3.18. The van der Waals surface area contributed by atoms with Gasteiger partial charge in [-0.05, 0) is 39.0 Å². The van der Waals surface area contributed by atoms with Crippen LogP contribution in [0.15, 0.2) is 42.7 Å². The first kappa shape index (κ1) is 19.0. The van der Waals surface area contributed by atoms with Gasteiger partial charge in [0, 0.05) is 23.2 Å². The number of pyridine rings is 2. The average molecular weight is 412 g/mol. The van der Waals surface area contributed by atoms with Gasteiger partial charge in [0.05, 0.1) is 33.7 Å². The zero-order valence-corrected chi connectivity index (χ0v) is 16.8. The molecule has 1 aromatic carbocycles. The molecule has 0 amide bonds. The molecule has 0 atom stereocenters. The van der Waals surface area contributed by atoms with Gasteiger partial charge in [-0.1, -0.05) is 17.7 Å². The summed E-state index contributed by atoms with van der Waals surface area (Å²) in [6.45, 7) is 5.33. The number of hydrogen-bond acceptors (Lipinski definition) is 6. The zero-order valence-electron chi connectivity index (χ0n) is 16.0. The fourth-order valence-electron chi connectivity index (χ4n) is 3.07. The Balaban J connectivity index is 1.80. The predicted molar refractivity (Wildman–Crippen MR) is 110 cm³/mol. The van der Waals surface area contributed by atoms with E-state index in [1.54, 1.807) is 32.2 Å². The van der Waals surface area contributed by atoms with Crippen molar-refractivity contribution >= 4 is 39.6 Å². The van der Waals surface area contributed by atoms with E-state index in [1.807, 2.05) is 25.1 Å². The lowest BCUT2D eigenvalue weighted by atomic mass is 10.1. The van der Waals surface area contributed by atoms with Crippen molar-refractivity contribution in [2.75, 3.05) is 0 Å². The summed E-state index contributed by atoms with van der Waals surface area (Å²) in [5, 5.41) is 2.20. The first-order valence-electron chi connectivity index (χ1n) is 9.00. The van der Waals surface area contributed by atoms with E-state index < -0.39 is 6.16 Å². The van der Waals surface area contributed by atoms with Crippen LogP contribution < -0.4 is 9.47 Å². The second-order valence-corrected chi connectivity index (χ2v) is 7.15. The number of halogens is 1. The number of rotatable bonds is 4. The number of carbonyl (C=O) groups excluding carboxylic acids is 1. The molecule has 0 saturated heterocycles. The molecule has 0 radical (unpaired) electrons. The van der Waals surface area contributed by atoms with E-state index in [9.17, 15) is 4.79 Å². The quantitative estimate of drug-likeness (QED) is 0.428. The Kier molecular flexibility index (Phi) is 4.98. The molecule has 3 heterocycles. The van der Waals surface area contributed by atoms with Gasteiger partial charge in [0.25, 0.3) is 0 Å². The molecule has 7 nitrogen and oxygen atoms in total. The van der Waals surface area contributed by atoms with Crippen LogP contribution in [0, 0.1) is 6.92 Å². The van der Waals surface area contributed by atoms with Crippen molar-refractivity contribution < 1.29 is 19.0 Å². The molecule has 0 fully saturated rings. The lowest BCUT2D eigenvalue weighted by Crippen LogP contribution is -2.16. The number of benzene rings is 1. The summed E-state index contributed by atoms with van der Waals surface area (Å²) in [4.78, 5) is 23.7. The van der Waals surface area contributed by atoms with Gasteiger partial charge in [-0.2, -0.15) is 0 Å². The maximum atomic E-state index is 11.9. The highest BCUT2D eigenvalue weighted by atomic mass is 35.5. The van der Waals surface area contributed by atoms with Crippen LogP contribution in [-0.2, 0) is 4.74 Å². The lowest BCUT2D eigenvalue weighted by Gasteiger charge is -2.10. The van der Waals surface area contributed by atoms with Crippen molar-refractivity contribution in [3.8, 4) is 17.5 Å². The molecule has 3 aromatic heterocycles. The van der Waals surface area contributed by atoms with Crippen molar-refractivity contribution in [2.45, 2.75) is 26.9 Å². The number of ether oxygens (including phenoxy) is 3. The number of aryl methyl sites for hydroxylation is 1. The number of carbonyl (C=O) groups is 1. The van der Waals surface area contributed by atoms with Crippen molar-refractivity contribution in [1.29, 1.82) is 0 Å². The second kappa shape index (κ2) is 7.60. The van der Waals surface area contributed by atoms with Gasteiger partial charge >= 0.3 is 6.16 Å². The lowest BCUT2D eigenvalue weighted by molar-refractivity contribution is 0.0714. The molecule has 148 valence electrons. The number of fused-ring (bicyclic) bond motifs is 3. The molecule has 0 bridgehead atoms. The largest absolute Gasteiger partial charge is 0.515 e. The maximum Gasteiger partial charge on any atom is 0.515 e. The van der Waals surface area contributed by atoms with Gasteiger partial charge in [0.2, 0.25) is 11.8 Å². The third-order valence-electron chi connectivity index (χ3n) is 4.25. The molecule has 0 saturated carbocycles. The van der Waals surface area contributed by atoms with E-state index >= 15 is 0 Å². The van der Waals surface area contributed by atoms with E-state index in [2.05, 4.69) is 15.0 Å². The molecular formula is C21H18ClN3O4. The van der Waals surface area contributed by atoms with Crippen molar-refractivity contribution in [2.24, 2.45) is 0 Å². The number of H-pyrrole nitrogens is 1. The van der Waals surface area contributed by atoms with Crippen LogP contribution in [0.5, 0.6) is 17.5 Å². The molecular weight excluding hydrogens is 394 g/mol. The van der Waals surface area contributed by atoms with E-state index in [-0.39, 0.29) is 12.0 Å². The van der Waals surface area contributed by atoms with E-state index in [0.29, 0.717) is 22.2 Å². The normalized spacial score (nSPS) is 11.2. The van der Waals surface area contributed by atoms with Crippen molar-refractivity contribution in [3.63, 3.8) is 0 Å². The number of aromatic nitrogens is 3. The monoisotopic (exact) mass is 411 g/mol. The van der Waals surface area contributed by atoms with Crippen LogP contribution in [0.25, 0.3) is 21.8 Å². The number of aromatic amines is 1. The minimum Gasteiger partial charge on any atom is -0.438 e. The third-order valence-corrected chi connectivity index (χ3v) is 4.47. The Bertz CT molecular complexity index is 1200. The molecule has 4 aromatic rings. The molecule has 0 unspecified atom stereocenters. The Morgan fingerprint density at radius 2 is 1.90 bits per heavy atom. The molecule has 0 spiro atoms. The summed E-state index contributed by atoms with van der Waals surface area (Å²) < 4.78 is 16.3. The Morgan fingerprint density at radius 1 is 1.07 bits per heavy atom. The van der Waals surface area contributed by atoms with Gasteiger partial charge in [-0.15, -0.1) is 0 Å². The number of nitrogens with zero attached hydrogens (tertiary/aromatic N) is 2. The van der Waals surface area contributed by atoms with Crippen molar-refractivity contribution in [3.05, 3.63) is 53.3 Å². The number of nitrogens with one attached hydrogen (secondary N) is 1. The molecule has 29 heavy (non-hydrogen) atoms. The van der Waals surface area contributed by atoms with Crippen LogP contribution in [0.3, 0.4) is 0 Å². The minimum atomic E-state index is -0.795. The Hall–Kier alpha value is -3.32. The van der Waals surface area contributed by atoms with E-state index in [0.717, 1.165) is 21.8 Å². The Labute approximate surface area is 171 Å². The topological polar surface area (TPSA) is 86.3 Å². The minimum absolute atomic E-state index is 0.184. The van der Waals surface area contributed by atoms with Crippen LogP contribution in [0.4, 0.5) is 4.79 Å². The van der Waals surface area contributed by atoms with Crippen LogP contribution in [-0.4, -0.2) is 27.2 Å². The highest BCUT2D eigenvalue weighted by Gasteiger charge is 2.18. The highest BCUT2D eigenvalue weighted by molar-refractivity contribution is 6.30. The maximum absolute atomic E-state index is 11.9. The summed E-state index contributed by atoms with van der Waals surface area (Å²) in [6.07, 6.45) is 2.06. The third kappa shape index (κ3) is 3.82. The predicted octanol–water partition coefficient (Wildman–Crippen LogP) is 5.79. The molecule has 0 aliphatic heterocycles.